The minimum Gasteiger partial charge on any atom is -0.342 e. The van der Waals surface area contributed by atoms with Crippen molar-refractivity contribution in [1.82, 2.24) is 10.2 Å². The van der Waals surface area contributed by atoms with Crippen LogP contribution in [0.25, 0.3) is 0 Å². The molecule has 1 unspecified atom stereocenters. The molecule has 124 valence electrons. The number of benzene rings is 1. The van der Waals surface area contributed by atoms with Gasteiger partial charge >= 0.3 is 6.18 Å². The van der Waals surface area contributed by atoms with Gasteiger partial charge in [0.2, 0.25) is 5.91 Å². The third kappa shape index (κ3) is 4.88. The molecule has 1 fully saturated rings. The lowest BCUT2D eigenvalue weighted by Gasteiger charge is -2.17. The highest BCUT2D eigenvalue weighted by atomic mass is 35.5. The molecule has 1 N–H and O–H groups in total. The van der Waals surface area contributed by atoms with E-state index >= 15 is 0 Å². The van der Waals surface area contributed by atoms with Gasteiger partial charge in [0, 0.05) is 13.1 Å². The fraction of sp³-hybridized carbons (Fsp3) is 0.533. The molecule has 0 spiro atoms. The van der Waals surface area contributed by atoms with Gasteiger partial charge in [0.15, 0.2) is 0 Å². The fourth-order valence-corrected chi connectivity index (χ4v) is 2.66. The lowest BCUT2D eigenvalue weighted by atomic mass is 10.1. The monoisotopic (exact) mass is 336 g/mol. The Morgan fingerprint density at radius 1 is 1.41 bits per heavy atom. The van der Waals surface area contributed by atoms with Crippen LogP contribution in [0.5, 0.6) is 0 Å². The molecule has 2 rings (SSSR count). The van der Waals surface area contributed by atoms with E-state index < -0.39 is 11.7 Å². The SMILES string of the molecule is CNCC1CCN(C(=O)Cc2cccc(C(F)(F)F)c2)C1.Cl. The van der Waals surface area contributed by atoms with Crippen LogP contribution in [0, 0.1) is 5.92 Å². The van der Waals surface area contributed by atoms with Crippen molar-refractivity contribution in [1.29, 1.82) is 0 Å². The molecule has 0 saturated carbocycles. The summed E-state index contributed by atoms with van der Waals surface area (Å²) in [5, 5.41) is 3.08. The van der Waals surface area contributed by atoms with Crippen LogP contribution < -0.4 is 5.32 Å². The number of likely N-dealkylation sites (tertiary alicyclic amines) is 1. The first-order valence-corrected chi connectivity index (χ1v) is 6.98. The zero-order valence-electron chi connectivity index (χ0n) is 12.3. The summed E-state index contributed by atoms with van der Waals surface area (Å²) in [7, 11) is 1.87. The molecule has 0 bridgehead atoms. The van der Waals surface area contributed by atoms with Gasteiger partial charge in [-0.1, -0.05) is 18.2 Å². The molecule has 1 aromatic carbocycles. The van der Waals surface area contributed by atoms with Gasteiger partial charge in [0.25, 0.3) is 0 Å². The lowest BCUT2D eigenvalue weighted by Crippen LogP contribution is -2.31. The lowest BCUT2D eigenvalue weighted by molar-refractivity contribution is -0.138. The van der Waals surface area contributed by atoms with Gasteiger partial charge in [-0.05, 0) is 37.6 Å². The molecular weight excluding hydrogens is 317 g/mol. The van der Waals surface area contributed by atoms with Crippen LogP contribution in [0.2, 0.25) is 0 Å². The van der Waals surface area contributed by atoms with Crippen LogP contribution in [0.3, 0.4) is 0 Å². The van der Waals surface area contributed by atoms with Gasteiger partial charge in [0.1, 0.15) is 0 Å². The van der Waals surface area contributed by atoms with Crippen molar-refractivity contribution in [3.05, 3.63) is 35.4 Å². The molecule has 1 aliphatic rings. The molecule has 1 aliphatic heterocycles. The number of nitrogens with zero attached hydrogens (tertiary/aromatic N) is 1. The average molecular weight is 337 g/mol. The van der Waals surface area contributed by atoms with E-state index in [0.717, 1.165) is 25.1 Å². The summed E-state index contributed by atoms with van der Waals surface area (Å²) < 4.78 is 37.9. The third-order valence-electron chi connectivity index (χ3n) is 3.74. The van der Waals surface area contributed by atoms with Crippen LogP contribution in [-0.2, 0) is 17.4 Å². The second kappa shape index (κ2) is 7.83. The maximum Gasteiger partial charge on any atom is 0.416 e. The van der Waals surface area contributed by atoms with E-state index in [1.165, 1.54) is 6.07 Å². The Morgan fingerprint density at radius 2 is 2.14 bits per heavy atom. The average Bonchev–Trinajstić information content (AvgIpc) is 2.87. The molecule has 0 aromatic heterocycles. The Hall–Kier alpha value is -1.27. The zero-order valence-corrected chi connectivity index (χ0v) is 13.1. The largest absolute Gasteiger partial charge is 0.416 e. The highest BCUT2D eigenvalue weighted by molar-refractivity contribution is 5.85. The molecule has 7 heteroatoms. The fourth-order valence-electron chi connectivity index (χ4n) is 2.66. The number of carbonyl (C=O) groups excluding carboxylic acids is 1. The highest BCUT2D eigenvalue weighted by Crippen LogP contribution is 2.29. The Morgan fingerprint density at radius 3 is 2.77 bits per heavy atom. The van der Waals surface area contributed by atoms with Crippen LogP contribution in [0.1, 0.15) is 17.5 Å². The molecule has 22 heavy (non-hydrogen) atoms. The second-order valence-corrected chi connectivity index (χ2v) is 5.43. The highest BCUT2D eigenvalue weighted by Gasteiger charge is 2.31. The topological polar surface area (TPSA) is 32.3 Å². The van der Waals surface area contributed by atoms with Gasteiger partial charge in [-0.2, -0.15) is 13.2 Å². The predicted octanol–water partition coefficient (Wildman–Crippen LogP) is 2.74. The molecule has 1 saturated heterocycles. The summed E-state index contributed by atoms with van der Waals surface area (Å²) in [4.78, 5) is 13.9. The summed E-state index contributed by atoms with van der Waals surface area (Å²) in [5.41, 5.74) is -0.297. The second-order valence-electron chi connectivity index (χ2n) is 5.43. The van der Waals surface area contributed by atoms with Crippen molar-refractivity contribution < 1.29 is 18.0 Å². The summed E-state index contributed by atoms with van der Waals surface area (Å²) in [6, 6.07) is 4.99. The first kappa shape index (κ1) is 18.8. The number of amides is 1. The van der Waals surface area contributed by atoms with Crippen molar-refractivity contribution in [3.8, 4) is 0 Å². The molecular formula is C15H20ClF3N2O. The molecule has 1 atom stereocenters. The Kier molecular flexibility index (Phi) is 6.68. The van der Waals surface area contributed by atoms with Gasteiger partial charge in [-0.25, -0.2) is 0 Å². The van der Waals surface area contributed by atoms with E-state index in [2.05, 4.69) is 5.32 Å². The van der Waals surface area contributed by atoms with E-state index in [1.54, 1.807) is 11.0 Å². The molecule has 1 aromatic rings. The number of halogens is 4. The standard InChI is InChI=1S/C15H19F3N2O.ClH/c1-19-9-12-5-6-20(10-12)14(21)8-11-3-2-4-13(7-11)15(16,17)18;/h2-4,7,12,19H,5-6,8-10H2,1H3;1H. The third-order valence-corrected chi connectivity index (χ3v) is 3.74. The molecule has 3 nitrogen and oxygen atoms in total. The molecule has 0 radical (unpaired) electrons. The van der Waals surface area contributed by atoms with Crippen LogP contribution in [-0.4, -0.2) is 37.5 Å². The predicted molar refractivity (Wildman–Crippen MR) is 81.0 cm³/mol. The van der Waals surface area contributed by atoms with Gasteiger partial charge in [-0.3, -0.25) is 4.79 Å². The Labute approximate surface area is 134 Å². The summed E-state index contributed by atoms with van der Waals surface area (Å²) >= 11 is 0. The van der Waals surface area contributed by atoms with E-state index in [0.29, 0.717) is 24.6 Å². The van der Waals surface area contributed by atoms with Crippen molar-refractivity contribution in [2.75, 3.05) is 26.7 Å². The maximum absolute atomic E-state index is 12.6. The van der Waals surface area contributed by atoms with Crippen LogP contribution >= 0.6 is 12.4 Å². The van der Waals surface area contributed by atoms with E-state index in [1.807, 2.05) is 7.05 Å². The van der Waals surface area contributed by atoms with Gasteiger partial charge in [-0.15, -0.1) is 12.4 Å². The maximum atomic E-state index is 12.6. The minimum atomic E-state index is -4.37. The molecule has 1 heterocycles. The number of carbonyl (C=O) groups is 1. The summed E-state index contributed by atoms with van der Waals surface area (Å²) in [6.45, 7) is 2.22. The first-order valence-electron chi connectivity index (χ1n) is 6.98. The van der Waals surface area contributed by atoms with E-state index in [9.17, 15) is 18.0 Å². The van der Waals surface area contributed by atoms with Crippen molar-refractivity contribution >= 4 is 18.3 Å². The summed E-state index contributed by atoms with van der Waals surface area (Å²) in [6.07, 6.45) is -3.41. The molecule has 0 aliphatic carbocycles. The van der Waals surface area contributed by atoms with Crippen molar-refractivity contribution in [3.63, 3.8) is 0 Å². The number of nitrogens with one attached hydrogen (secondary N) is 1. The smallest absolute Gasteiger partial charge is 0.342 e. The quantitative estimate of drug-likeness (QED) is 0.917. The van der Waals surface area contributed by atoms with E-state index in [4.69, 9.17) is 0 Å². The Bertz CT molecular complexity index is 508. The first-order chi connectivity index (χ1) is 9.90. The van der Waals surface area contributed by atoms with Gasteiger partial charge in [0.05, 0.1) is 12.0 Å². The van der Waals surface area contributed by atoms with E-state index in [-0.39, 0.29) is 24.7 Å². The number of alkyl halides is 3. The Balaban J connectivity index is 0.00000242. The van der Waals surface area contributed by atoms with Crippen LogP contribution in [0.15, 0.2) is 24.3 Å². The normalized spacial score (nSPS) is 18.2. The van der Waals surface area contributed by atoms with Crippen molar-refractivity contribution in [2.45, 2.75) is 19.0 Å². The number of hydrogen-bond donors (Lipinski definition) is 1. The van der Waals surface area contributed by atoms with Gasteiger partial charge < -0.3 is 10.2 Å². The number of hydrogen-bond acceptors (Lipinski definition) is 2. The summed E-state index contributed by atoms with van der Waals surface area (Å²) in [5.74, 6) is 0.327. The molecule has 1 amide bonds. The van der Waals surface area contributed by atoms with Crippen LogP contribution in [0.4, 0.5) is 13.2 Å². The number of rotatable bonds is 4. The minimum absolute atomic E-state index is 0. The van der Waals surface area contributed by atoms with Crippen molar-refractivity contribution in [2.24, 2.45) is 5.92 Å². The zero-order chi connectivity index (χ0) is 15.5.